The predicted octanol–water partition coefficient (Wildman–Crippen LogP) is 2.79. The Morgan fingerprint density at radius 3 is 2.86 bits per heavy atom. The van der Waals surface area contributed by atoms with E-state index in [9.17, 15) is 4.79 Å². The Morgan fingerprint density at radius 1 is 1.21 bits per heavy atom. The number of aryl methyl sites for hydroxylation is 3. The first-order valence-corrected chi connectivity index (χ1v) is 8.94. The van der Waals surface area contributed by atoms with Crippen molar-refractivity contribution in [3.05, 3.63) is 59.0 Å². The number of amides is 1. The molecule has 8 nitrogen and oxygen atoms in total. The topological polar surface area (TPSA) is 110 Å². The number of fused-ring (bicyclic) bond motifs is 1. The predicted molar refractivity (Wildman–Crippen MR) is 103 cm³/mol. The zero-order valence-electron chi connectivity index (χ0n) is 15.9. The summed E-state index contributed by atoms with van der Waals surface area (Å²) in [5, 5.41) is 10.8. The van der Waals surface area contributed by atoms with Crippen LogP contribution in [0.2, 0.25) is 0 Å². The number of aromatic nitrogens is 5. The van der Waals surface area contributed by atoms with E-state index in [2.05, 4.69) is 43.5 Å². The summed E-state index contributed by atoms with van der Waals surface area (Å²) in [5.74, 6) is 0.881. The van der Waals surface area contributed by atoms with E-state index in [0.29, 0.717) is 17.3 Å². The molecule has 8 heteroatoms. The number of furan rings is 1. The molecule has 0 saturated heterocycles. The molecule has 142 valence electrons. The maximum absolute atomic E-state index is 12.4. The summed E-state index contributed by atoms with van der Waals surface area (Å²) in [5.41, 5.74) is 5.70. The van der Waals surface area contributed by atoms with E-state index in [1.165, 1.54) is 5.56 Å². The lowest BCUT2D eigenvalue weighted by molar-refractivity contribution is -0.120. The highest BCUT2D eigenvalue weighted by Crippen LogP contribution is 2.30. The van der Waals surface area contributed by atoms with Crippen molar-refractivity contribution in [1.29, 1.82) is 0 Å². The molecule has 0 aliphatic carbocycles. The Hall–Kier alpha value is -3.55. The monoisotopic (exact) mass is 376 g/mol. The van der Waals surface area contributed by atoms with E-state index >= 15 is 0 Å². The molecule has 1 amide bonds. The zero-order valence-corrected chi connectivity index (χ0v) is 15.9. The molecule has 4 aromatic rings. The van der Waals surface area contributed by atoms with Gasteiger partial charge in [-0.25, -0.2) is 9.97 Å². The second-order valence-electron chi connectivity index (χ2n) is 6.75. The maximum Gasteiger partial charge on any atom is 0.224 e. The summed E-state index contributed by atoms with van der Waals surface area (Å²) in [6.07, 6.45) is 6.66. The number of hydrogen-bond donors (Lipinski definition) is 2. The van der Waals surface area contributed by atoms with Gasteiger partial charge in [0.05, 0.1) is 25.4 Å². The van der Waals surface area contributed by atoms with E-state index < -0.39 is 0 Å². The third kappa shape index (κ3) is 3.36. The van der Waals surface area contributed by atoms with E-state index in [4.69, 9.17) is 4.42 Å². The van der Waals surface area contributed by atoms with Gasteiger partial charge in [0, 0.05) is 23.3 Å². The average Bonchev–Trinajstić information content (AvgIpc) is 3.33. The Labute approximate surface area is 161 Å². The van der Waals surface area contributed by atoms with Gasteiger partial charge in [0.1, 0.15) is 17.1 Å². The summed E-state index contributed by atoms with van der Waals surface area (Å²) >= 11 is 0. The van der Waals surface area contributed by atoms with Crippen molar-refractivity contribution < 1.29 is 9.21 Å². The number of H-pyrrole nitrogens is 1. The van der Waals surface area contributed by atoms with Gasteiger partial charge in [0.25, 0.3) is 0 Å². The fourth-order valence-corrected chi connectivity index (χ4v) is 3.24. The maximum atomic E-state index is 12.4. The molecule has 3 aromatic heterocycles. The molecule has 28 heavy (non-hydrogen) atoms. The number of benzene rings is 1. The number of nitrogens with one attached hydrogen (secondary N) is 2. The minimum absolute atomic E-state index is 0.113. The highest BCUT2D eigenvalue weighted by atomic mass is 16.3. The molecule has 0 bridgehead atoms. The van der Waals surface area contributed by atoms with Crippen LogP contribution in [0, 0.1) is 20.8 Å². The Balaban J connectivity index is 1.44. The van der Waals surface area contributed by atoms with Gasteiger partial charge in [-0.2, -0.15) is 5.10 Å². The van der Waals surface area contributed by atoms with E-state index in [-0.39, 0.29) is 18.9 Å². The number of nitrogens with zero attached hydrogens (tertiary/aromatic N) is 4. The summed E-state index contributed by atoms with van der Waals surface area (Å²) in [4.78, 5) is 24.9. The second-order valence-corrected chi connectivity index (χ2v) is 6.75. The van der Waals surface area contributed by atoms with Gasteiger partial charge in [0.2, 0.25) is 11.7 Å². The van der Waals surface area contributed by atoms with Crippen LogP contribution in [0.25, 0.3) is 22.5 Å². The van der Waals surface area contributed by atoms with Crippen LogP contribution >= 0.6 is 0 Å². The van der Waals surface area contributed by atoms with Crippen molar-refractivity contribution in [3.8, 4) is 11.5 Å². The molecule has 0 atom stereocenters. The van der Waals surface area contributed by atoms with Gasteiger partial charge in [0.15, 0.2) is 0 Å². The van der Waals surface area contributed by atoms with Crippen LogP contribution in [-0.4, -0.2) is 31.1 Å². The lowest BCUT2D eigenvalue weighted by Crippen LogP contribution is -2.25. The molecule has 3 heterocycles. The van der Waals surface area contributed by atoms with E-state index in [1.807, 2.05) is 13.8 Å². The Bertz CT molecular complexity index is 1150. The molecule has 0 aliphatic rings. The average molecular weight is 376 g/mol. The largest absolute Gasteiger partial charge is 0.464 e. The molecule has 0 unspecified atom stereocenters. The minimum atomic E-state index is -0.113. The van der Waals surface area contributed by atoms with Crippen LogP contribution in [0.5, 0.6) is 0 Å². The number of carbonyl (C=O) groups is 1. The molecule has 1 aromatic carbocycles. The smallest absolute Gasteiger partial charge is 0.224 e. The molecule has 0 aliphatic heterocycles. The van der Waals surface area contributed by atoms with Crippen LogP contribution in [0.3, 0.4) is 0 Å². The lowest BCUT2D eigenvalue weighted by atomic mass is 9.99. The first-order valence-electron chi connectivity index (χ1n) is 8.94. The van der Waals surface area contributed by atoms with Crippen LogP contribution in [-0.2, 0) is 17.8 Å². The molecular formula is C20H20N6O2. The van der Waals surface area contributed by atoms with Crippen LogP contribution < -0.4 is 5.32 Å². The standard InChI is InChI=1S/C20H20N6O2/c1-11-6-12(2)18-14(10-28-19(18)13(11)3)7-17(27)23-9-16-24-20(26-25-16)15-8-21-4-5-22-15/h4-6,8,10H,7,9H2,1-3H3,(H,23,27)(H,24,25,26). The van der Waals surface area contributed by atoms with Gasteiger partial charge < -0.3 is 9.73 Å². The van der Waals surface area contributed by atoms with E-state index in [1.54, 1.807) is 24.9 Å². The molecular weight excluding hydrogens is 356 g/mol. The van der Waals surface area contributed by atoms with Crippen molar-refractivity contribution in [1.82, 2.24) is 30.5 Å². The molecule has 0 radical (unpaired) electrons. The van der Waals surface area contributed by atoms with Crippen molar-refractivity contribution in [2.24, 2.45) is 0 Å². The van der Waals surface area contributed by atoms with Crippen LogP contribution in [0.4, 0.5) is 0 Å². The van der Waals surface area contributed by atoms with Gasteiger partial charge in [-0.15, -0.1) is 0 Å². The third-order valence-electron chi connectivity index (χ3n) is 4.75. The number of hydrogen-bond acceptors (Lipinski definition) is 6. The molecule has 0 spiro atoms. The second kappa shape index (κ2) is 7.22. The van der Waals surface area contributed by atoms with E-state index in [0.717, 1.165) is 27.7 Å². The SMILES string of the molecule is Cc1cc(C)c2c(CC(=O)NCc3nc(-c4cnccn4)n[nH]3)coc2c1C. The van der Waals surface area contributed by atoms with Crippen LogP contribution in [0.15, 0.2) is 35.3 Å². The van der Waals surface area contributed by atoms with Crippen molar-refractivity contribution in [3.63, 3.8) is 0 Å². The lowest BCUT2D eigenvalue weighted by Gasteiger charge is -2.06. The molecule has 4 rings (SSSR count). The number of carbonyl (C=O) groups excluding carboxylic acids is 1. The normalized spacial score (nSPS) is 11.1. The molecule has 0 fully saturated rings. The minimum Gasteiger partial charge on any atom is -0.464 e. The van der Waals surface area contributed by atoms with Gasteiger partial charge in [-0.3, -0.25) is 14.9 Å². The highest BCUT2D eigenvalue weighted by Gasteiger charge is 2.16. The zero-order chi connectivity index (χ0) is 19.7. The van der Waals surface area contributed by atoms with Gasteiger partial charge in [-0.1, -0.05) is 6.07 Å². The van der Waals surface area contributed by atoms with Crippen molar-refractivity contribution in [2.45, 2.75) is 33.7 Å². The summed E-state index contributed by atoms with van der Waals surface area (Å²) in [7, 11) is 0. The fourth-order valence-electron chi connectivity index (χ4n) is 3.24. The summed E-state index contributed by atoms with van der Waals surface area (Å²) in [6.45, 7) is 6.37. The molecule has 2 N–H and O–H groups in total. The van der Waals surface area contributed by atoms with Crippen LogP contribution in [0.1, 0.15) is 28.1 Å². The van der Waals surface area contributed by atoms with Gasteiger partial charge >= 0.3 is 0 Å². The fraction of sp³-hybridized carbons (Fsp3) is 0.250. The van der Waals surface area contributed by atoms with Crippen molar-refractivity contribution >= 4 is 16.9 Å². The third-order valence-corrected chi connectivity index (χ3v) is 4.75. The number of rotatable bonds is 5. The van der Waals surface area contributed by atoms with Crippen molar-refractivity contribution in [2.75, 3.05) is 0 Å². The molecule has 0 saturated carbocycles. The van der Waals surface area contributed by atoms with Gasteiger partial charge in [-0.05, 0) is 37.5 Å². The summed E-state index contributed by atoms with van der Waals surface area (Å²) in [6, 6.07) is 2.12. The summed E-state index contributed by atoms with van der Waals surface area (Å²) < 4.78 is 5.74. The quantitative estimate of drug-likeness (QED) is 0.554. The Morgan fingerprint density at radius 2 is 2.07 bits per heavy atom. The Kier molecular flexibility index (Phi) is 4.60. The first-order chi connectivity index (χ1) is 13.5. The number of aromatic amines is 1. The highest BCUT2D eigenvalue weighted by molar-refractivity contribution is 5.91. The first kappa shape index (κ1) is 17.8.